The zero-order valence-corrected chi connectivity index (χ0v) is 11.1. The van der Waals surface area contributed by atoms with Crippen molar-refractivity contribution in [3.05, 3.63) is 35.4 Å². The number of rotatable bonds is 6. The Balaban J connectivity index is 2.57. The maximum absolute atomic E-state index is 6.03. The third-order valence-corrected chi connectivity index (χ3v) is 3.67. The molecule has 0 N–H and O–H groups in total. The Morgan fingerprint density at radius 3 is 2.80 bits per heavy atom. The minimum absolute atomic E-state index is 0.527. The first-order valence-electron chi connectivity index (χ1n) is 5.39. The van der Waals surface area contributed by atoms with Crippen molar-refractivity contribution in [3.8, 4) is 0 Å². The lowest BCUT2D eigenvalue weighted by molar-refractivity contribution is 0.674. The molecular weight excluding hydrogens is 224 g/mol. The molecule has 0 bridgehead atoms. The molecule has 1 unspecified atom stereocenters. The lowest BCUT2D eigenvalue weighted by Gasteiger charge is -2.14. The summed E-state index contributed by atoms with van der Waals surface area (Å²) in [6.45, 7) is 2.14. The minimum Gasteiger partial charge on any atom is -0.165 e. The quantitative estimate of drug-likeness (QED) is 0.524. The van der Waals surface area contributed by atoms with Crippen LogP contribution in [0.4, 0.5) is 0 Å². The van der Waals surface area contributed by atoms with E-state index in [1.807, 2.05) is 11.8 Å². The van der Waals surface area contributed by atoms with Crippen molar-refractivity contribution in [1.82, 2.24) is 0 Å². The van der Waals surface area contributed by atoms with E-state index in [0.29, 0.717) is 5.92 Å². The summed E-state index contributed by atoms with van der Waals surface area (Å²) in [6.07, 6.45) is 4.61. The van der Waals surface area contributed by atoms with Crippen molar-refractivity contribution in [3.63, 3.8) is 0 Å². The molecule has 0 nitrogen and oxygen atoms in total. The van der Waals surface area contributed by atoms with Gasteiger partial charge in [-0.05, 0) is 43.3 Å². The van der Waals surface area contributed by atoms with Crippen molar-refractivity contribution in [1.29, 1.82) is 0 Å². The van der Waals surface area contributed by atoms with Gasteiger partial charge in [0.15, 0.2) is 0 Å². The van der Waals surface area contributed by atoms with Gasteiger partial charge in [0, 0.05) is 5.88 Å². The van der Waals surface area contributed by atoms with Gasteiger partial charge in [-0.15, -0.1) is 11.6 Å². The number of alkyl halides is 1. The molecule has 0 aliphatic heterocycles. The molecule has 0 aliphatic carbocycles. The van der Waals surface area contributed by atoms with Gasteiger partial charge in [-0.25, -0.2) is 0 Å². The van der Waals surface area contributed by atoms with Gasteiger partial charge in [-0.3, -0.25) is 0 Å². The van der Waals surface area contributed by atoms with Crippen LogP contribution in [0.5, 0.6) is 0 Å². The van der Waals surface area contributed by atoms with Gasteiger partial charge in [-0.1, -0.05) is 29.8 Å². The van der Waals surface area contributed by atoms with Crippen LogP contribution in [0.25, 0.3) is 0 Å². The van der Waals surface area contributed by atoms with Crippen LogP contribution >= 0.6 is 23.4 Å². The average molecular weight is 243 g/mol. The van der Waals surface area contributed by atoms with E-state index in [2.05, 4.69) is 37.4 Å². The third-order valence-electron chi connectivity index (χ3n) is 2.60. The van der Waals surface area contributed by atoms with Crippen LogP contribution in [-0.2, 0) is 0 Å². The van der Waals surface area contributed by atoms with Crippen molar-refractivity contribution in [2.75, 3.05) is 17.9 Å². The van der Waals surface area contributed by atoms with Crippen molar-refractivity contribution < 1.29 is 0 Å². The third kappa shape index (κ3) is 4.48. The SMILES string of the molecule is CSCCCC(CCl)c1cccc(C)c1. The second kappa shape index (κ2) is 7.19. The van der Waals surface area contributed by atoms with Crippen LogP contribution in [-0.4, -0.2) is 17.9 Å². The molecule has 0 amide bonds. The Bertz CT molecular complexity index is 286. The van der Waals surface area contributed by atoms with Gasteiger partial charge in [0.2, 0.25) is 0 Å². The highest BCUT2D eigenvalue weighted by Gasteiger charge is 2.09. The second-order valence-corrected chi connectivity index (χ2v) is 5.19. The predicted molar refractivity (Wildman–Crippen MR) is 72.3 cm³/mol. The van der Waals surface area contributed by atoms with Crippen LogP contribution in [0, 0.1) is 6.92 Å². The first kappa shape index (κ1) is 12.9. The van der Waals surface area contributed by atoms with E-state index in [9.17, 15) is 0 Å². The highest BCUT2D eigenvalue weighted by Crippen LogP contribution is 2.24. The van der Waals surface area contributed by atoms with E-state index in [-0.39, 0.29) is 0 Å². The molecule has 0 spiro atoms. The molecule has 1 atom stereocenters. The van der Waals surface area contributed by atoms with E-state index >= 15 is 0 Å². The Labute approximate surface area is 102 Å². The van der Waals surface area contributed by atoms with Gasteiger partial charge in [0.1, 0.15) is 0 Å². The molecule has 0 aromatic heterocycles. The van der Waals surface area contributed by atoms with Gasteiger partial charge < -0.3 is 0 Å². The van der Waals surface area contributed by atoms with Crippen LogP contribution < -0.4 is 0 Å². The molecule has 0 radical (unpaired) electrons. The fourth-order valence-electron chi connectivity index (χ4n) is 1.73. The molecule has 0 aliphatic rings. The Kier molecular flexibility index (Phi) is 6.19. The molecule has 1 aromatic carbocycles. The fraction of sp³-hybridized carbons (Fsp3) is 0.538. The van der Waals surface area contributed by atoms with Crippen LogP contribution in [0.1, 0.15) is 29.9 Å². The summed E-state index contributed by atoms with van der Waals surface area (Å²) in [4.78, 5) is 0. The molecule has 1 aromatic rings. The topological polar surface area (TPSA) is 0 Å². The molecule has 0 saturated heterocycles. The number of hydrogen-bond acceptors (Lipinski definition) is 1. The standard InChI is InChI=1S/C13H19ClS/c1-11-5-3-6-12(9-11)13(10-14)7-4-8-15-2/h3,5-6,9,13H,4,7-8,10H2,1-2H3. The highest BCUT2D eigenvalue weighted by atomic mass is 35.5. The zero-order valence-electron chi connectivity index (χ0n) is 9.50. The second-order valence-electron chi connectivity index (χ2n) is 3.90. The largest absolute Gasteiger partial charge is 0.165 e. The van der Waals surface area contributed by atoms with Crippen LogP contribution in [0.2, 0.25) is 0 Å². The number of benzene rings is 1. The Morgan fingerprint density at radius 1 is 1.40 bits per heavy atom. The van der Waals surface area contributed by atoms with Crippen LogP contribution in [0.3, 0.4) is 0 Å². The van der Waals surface area contributed by atoms with E-state index < -0.39 is 0 Å². The molecule has 0 fully saturated rings. The number of aryl methyl sites for hydroxylation is 1. The summed E-state index contributed by atoms with van der Waals surface area (Å²) in [5, 5.41) is 0. The number of hydrogen-bond donors (Lipinski definition) is 0. The molecule has 0 heterocycles. The van der Waals surface area contributed by atoms with E-state index in [1.54, 1.807) is 0 Å². The molecular formula is C13H19ClS. The summed E-state index contributed by atoms with van der Waals surface area (Å²) >= 11 is 7.94. The van der Waals surface area contributed by atoms with Gasteiger partial charge >= 0.3 is 0 Å². The van der Waals surface area contributed by atoms with Gasteiger partial charge in [0.25, 0.3) is 0 Å². The summed E-state index contributed by atoms with van der Waals surface area (Å²) < 4.78 is 0. The van der Waals surface area contributed by atoms with Crippen molar-refractivity contribution in [2.45, 2.75) is 25.7 Å². The van der Waals surface area contributed by atoms with Crippen molar-refractivity contribution >= 4 is 23.4 Å². The monoisotopic (exact) mass is 242 g/mol. The molecule has 84 valence electrons. The smallest absolute Gasteiger partial charge is 0.0292 e. The van der Waals surface area contributed by atoms with E-state index in [0.717, 1.165) is 5.88 Å². The van der Waals surface area contributed by atoms with E-state index in [4.69, 9.17) is 11.6 Å². The summed E-state index contributed by atoms with van der Waals surface area (Å²) in [5.74, 6) is 2.50. The fourth-order valence-corrected chi connectivity index (χ4v) is 2.52. The zero-order chi connectivity index (χ0) is 11.1. The summed E-state index contributed by atoms with van der Waals surface area (Å²) in [6, 6.07) is 8.71. The minimum atomic E-state index is 0.527. The first-order valence-corrected chi connectivity index (χ1v) is 7.32. The molecule has 15 heavy (non-hydrogen) atoms. The van der Waals surface area contributed by atoms with E-state index in [1.165, 1.54) is 29.7 Å². The van der Waals surface area contributed by atoms with Gasteiger partial charge in [-0.2, -0.15) is 11.8 Å². The van der Waals surface area contributed by atoms with Crippen LogP contribution in [0.15, 0.2) is 24.3 Å². The lowest BCUT2D eigenvalue weighted by atomic mass is 9.95. The number of thioether (sulfide) groups is 1. The molecule has 2 heteroatoms. The highest BCUT2D eigenvalue weighted by molar-refractivity contribution is 7.98. The Hall–Kier alpha value is -0.140. The lowest BCUT2D eigenvalue weighted by Crippen LogP contribution is -2.01. The molecule has 1 rings (SSSR count). The van der Waals surface area contributed by atoms with Crippen molar-refractivity contribution in [2.24, 2.45) is 0 Å². The maximum atomic E-state index is 6.03. The maximum Gasteiger partial charge on any atom is 0.0292 e. The predicted octanol–water partition coefficient (Wildman–Crippen LogP) is 4.46. The Morgan fingerprint density at radius 2 is 2.20 bits per heavy atom. The normalized spacial score (nSPS) is 12.7. The molecule has 0 saturated carbocycles. The average Bonchev–Trinajstić information content (AvgIpc) is 2.24. The summed E-state index contributed by atoms with van der Waals surface area (Å²) in [7, 11) is 0. The summed E-state index contributed by atoms with van der Waals surface area (Å²) in [5.41, 5.74) is 2.72. The number of halogens is 1. The first-order chi connectivity index (χ1) is 7.27. The van der Waals surface area contributed by atoms with Gasteiger partial charge in [0.05, 0.1) is 0 Å².